The zero-order chi connectivity index (χ0) is 14.1. The monoisotopic (exact) mass is 268 g/mol. The molecule has 1 atom stereocenters. The molecule has 1 rings (SSSR count). The number of ether oxygens (including phenoxy) is 2. The van der Waals surface area contributed by atoms with E-state index in [-0.39, 0.29) is 6.42 Å². The Morgan fingerprint density at radius 3 is 2.47 bits per heavy atom. The molecule has 0 radical (unpaired) electrons. The Morgan fingerprint density at radius 1 is 1.21 bits per heavy atom. The zero-order valence-corrected chi connectivity index (χ0v) is 11.4. The molecule has 0 N–H and O–H groups in total. The fraction of sp³-hybridized carbons (Fsp3) is 0.615. The highest BCUT2D eigenvalue weighted by molar-refractivity contribution is 5.81. The molecule has 0 bridgehead atoms. The maximum atomic E-state index is 11.9. The molecule has 0 aromatic carbocycles. The molecular formula is C13H20N2O4. The first-order valence-corrected chi connectivity index (χ1v) is 6.48. The van der Waals surface area contributed by atoms with Crippen molar-refractivity contribution in [1.82, 2.24) is 9.55 Å². The molecule has 106 valence electrons. The summed E-state index contributed by atoms with van der Waals surface area (Å²) in [6.07, 6.45) is 6.12. The van der Waals surface area contributed by atoms with E-state index in [4.69, 9.17) is 9.47 Å². The quantitative estimate of drug-likeness (QED) is 0.671. The molecule has 1 aromatic heterocycles. The first-order chi connectivity index (χ1) is 9.19. The topological polar surface area (TPSA) is 70.4 Å². The number of rotatable bonds is 8. The summed E-state index contributed by atoms with van der Waals surface area (Å²) in [4.78, 5) is 27.4. The average molecular weight is 268 g/mol. The number of carbonyl (C=O) groups is 2. The summed E-state index contributed by atoms with van der Waals surface area (Å²) in [5, 5.41) is 0. The van der Waals surface area contributed by atoms with Crippen LogP contribution in [0.2, 0.25) is 0 Å². The van der Waals surface area contributed by atoms with Gasteiger partial charge in [-0.25, -0.2) is 9.78 Å². The largest absolute Gasteiger partial charge is 0.466 e. The molecule has 0 saturated carbocycles. The third-order valence-electron chi connectivity index (χ3n) is 2.43. The van der Waals surface area contributed by atoms with Gasteiger partial charge in [0.25, 0.3) is 0 Å². The Labute approximate surface area is 112 Å². The lowest BCUT2D eigenvalue weighted by Gasteiger charge is -2.16. The van der Waals surface area contributed by atoms with Crippen molar-refractivity contribution < 1.29 is 19.1 Å². The van der Waals surface area contributed by atoms with Crippen LogP contribution >= 0.6 is 0 Å². The van der Waals surface area contributed by atoms with Gasteiger partial charge >= 0.3 is 11.9 Å². The predicted octanol–water partition coefficient (Wildman–Crippen LogP) is 1.72. The van der Waals surface area contributed by atoms with Gasteiger partial charge in [0, 0.05) is 12.4 Å². The minimum Gasteiger partial charge on any atom is -0.466 e. The van der Waals surface area contributed by atoms with Crippen LogP contribution in [0, 0.1) is 0 Å². The molecule has 0 aliphatic carbocycles. The van der Waals surface area contributed by atoms with Crippen LogP contribution in [0.15, 0.2) is 18.7 Å². The molecule has 1 unspecified atom stereocenters. The van der Waals surface area contributed by atoms with Crippen molar-refractivity contribution >= 4 is 11.9 Å². The Bertz CT molecular complexity index is 389. The van der Waals surface area contributed by atoms with Crippen LogP contribution in [0.4, 0.5) is 0 Å². The van der Waals surface area contributed by atoms with Gasteiger partial charge in [0.05, 0.1) is 26.0 Å². The third-order valence-corrected chi connectivity index (χ3v) is 2.43. The molecule has 0 spiro atoms. The van der Waals surface area contributed by atoms with Crippen LogP contribution < -0.4 is 0 Å². The molecular weight excluding hydrogens is 248 g/mol. The second-order valence-corrected chi connectivity index (χ2v) is 4.12. The Morgan fingerprint density at radius 2 is 1.89 bits per heavy atom. The van der Waals surface area contributed by atoms with Crippen molar-refractivity contribution in [2.75, 3.05) is 13.2 Å². The maximum absolute atomic E-state index is 11.9. The summed E-state index contributed by atoms with van der Waals surface area (Å²) in [5.74, 6) is -0.845. The smallest absolute Gasteiger partial charge is 0.329 e. The van der Waals surface area contributed by atoms with E-state index < -0.39 is 18.0 Å². The predicted molar refractivity (Wildman–Crippen MR) is 68.4 cm³/mol. The molecule has 0 fully saturated rings. The lowest BCUT2D eigenvalue weighted by molar-refractivity contribution is -0.154. The van der Waals surface area contributed by atoms with Crippen molar-refractivity contribution in [2.24, 2.45) is 0 Å². The first kappa shape index (κ1) is 15.2. The molecule has 6 heteroatoms. The van der Waals surface area contributed by atoms with Gasteiger partial charge in [-0.05, 0) is 12.8 Å². The van der Waals surface area contributed by atoms with Gasteiger partial charge in [0.2, 0.25) is 0 Å². The van der Waals surface area contributed by atoms with E-state index in [9.17, 15) is 9.59 Å². The second-order valence-electron chi connectivity index (χ2n) is 4.12. The van der Waals surface area contributed by atoms with Crippen LogP contribution in [0.1, 0.15) is 39.2 Å². The summed E-state index contributed by atoms with van der Waals surface area (Å²) in [6.45, 7) is 4.53. The minimum absolute atomic E-state index is 0.0428. The van der Waals surface area contributed by atoms with E-state index in [1.807, 2.05) is 13.8 Å². The normalized spacial score (nSPS) is 11.9. The summed E-state index contributed by atoms with van der Waals surface area (Å²) in [5.41, 5.74) is 0. The Balaban J connectivity index is 2.65. The average Bonchev–Trinajstić information content (AvgIpc) is 2.93. The van der Waals surface area contributed by atoms with E-state index in [0.29, 0.717) is 13.2 Å². The molecule has 0 aliphatic rings. The lowest BCUT2D eigenvalue weighted by Crippen LogP contribution is -2.25. The summed E-state index contributed by atoms with van der Waals surface area (Å²) in [6, 6.07) is -0.710. The lowest BCUT2D eigenvalue weighted by atomic mass is 10.2. The molecule has 1 aromatic rings. The second kappa shape index (κ2) is 8.29. The third kappa shape index (κ3) is 5.11. The van der Waals surface area contributed by atoms with Crippen LogP contribution in [-0.4, -0.2) is 34.7 Å². The standard InChI is InChI=1S/C13H20N2O4/c1-3-7-18-12(16)9-11(13(17)19-8-4-2)15-6-5-14-10-15/h5-6,10-11H,3-4,7-9H2,1-2H3. The maximum Gasteiger partial charge on any atom is 0.329 e. The number of imidazole rings is 1. The Hall–Kier alpha value is -1.85. The van der Waals surface area contributed by atoms with E-state index in [1.165, 1.54) is 6.33 Å². The summed E-state index contributed by atoms with van der Waals surface area (Å²) < 4.78 is 11.6. The van der Waals surface area contributed by atoms with Crippen molar-refractivity contribution in [3.05, 3.63) is 18.7 Å². The van der Waals surface area contributed by atoms with E-state index >= 15 is 0 Å². The molecule has 0 aliphatic heterocycles. The highest BCUT2D eigenvalue weighted by Crippen LogP contribution is 2.14. The van der Waals surface area contributed by atoms with Gasteiger partial charge < -0.3 is 14.0 Å². The van der Waals surface area contributed by atoms with E-state index in [0.717, 1.165) is 12.8 Å². The SMILES string of the molecule is CCCOC(=O)CC(C(=O)OCCC)n1ccnc1. The van der Waals surface area contributed by atoms with Crippen molar-refractivity contribution in [3.63, 3.8) is 0 Å². The van der Waals surface area contributed by atoms with E-state index in [2.05, 4.69) is 4.98 Å². The number of aromatic nitrogens is 2. The van der Waals surface area contributed by atoms with Crippen LogP contribution in [0.3, 0.4) is 0 Å². The summed E-state index contributed by atoms with van der Waals surface area (Å²) >= 11 is 0. The van der Waals surface area contributed by atoms with Gasteiger partial charge in [-0.2, -0.15) is 0 Å². The van der Waals surface area contributed by atoms with Gasteiger partial charge in [0.15, 0.2) is 0 Å². The number of carbonyl (C=O) groups excluding carboxylic acids is 2. The molecule has 0 saturated heterocycles. The minimum atomic E-state index is -0.710. The zero-order valence-electron chi connectivity index (χ0n) is 11.4. The van der Waals surface area contributed by atoms with Crippen molar-refractivity contribution in [3.8, 4) is 0 Å². The number of hydrogen-bond acceptors (Lipinski definition) is 5. The number of nitrogens with zero attached hydrogens (tertiary/aromatic N) is 2. The molecule has 6 nitrogen and oxygen atoms in total. The van der Waals surface area contributed by atoms with Gasteiger partial charge in [-0.3, -0.25) is 4.79 Å². The van der Waals surface area contributed by atoms with E-state index in [1.54, 1.807) is 17.0 Å². The van der Waals surface area contributed by atoms with Gasteiger partial charge in [-0.15, -0.1) is 0 Å². The molecule has 1 heterocycles. The summed E-state index contributed by atoms with van der Waals surface area (Å²) in [7, 11) is 0. The van der Waals surface area contributed by atoms with Crippen molar-refractivity contribution in [2.45, 2.75) is 39.2 Å². The van der Waals surface area contributed by atoms with Crippen LogP contribution in [0.25, 0.3) is 0 Å². The number of hydrogen-bond donors (Lipinski definition) is 0. The number of esters is 2. The first-order valence-electron chi connectivity index (χ1n) is 6.48. The van der Waals surface area contributed by atoms with Gasteiger partial charge in [0.1, 0.15) is 6.04 Å². The fourth-order valence-corrected chi connectivity index (χ4v) is 1.50. The fourth-order valence-electron chi connectivity index (χ4n) is 1.50. The Kier molecular flexibility index (Phi) is 6.63. The highest BCUT2D eigenvalue weighted by atomic mass is 16.5. The molecule has 19 heavy (non-hydrogen) atoms. The van der Waals surface area contributed by atoms with Gasteiger partial charge in [-0.1, -0.05) is 13.8 Å². The highest BCUT2D eigenvalue weighted by Gasteiger charge is 2.25. The molecule has 0 amide bonds. The van der Waals surface area contributed by atoms with Crippen molar-refractivity contribution in [1.29, 1.82) is 0 Å². The van der Waals surface area contributed by atoms with Crippen LogP contribution in [-0.2, 0) is 19.1 Å². The van der Waals surface area contributed by atoms with Crippen LogP contribution in [0.5, 0.6) is 0 Å².